The van der Waals surface area contributed by atoms with Crippen LogP contribution in [0.25, 0.3) is 0 Å². The van der Waals surface area contributed by atoms with Gasteiger partial charge < -0.3 is 9.47 Å². The van der Waals surface area contributed by atoms with Crippen LogP contribution in [0.2, 0.25) is 5.15 Å². The lowest BCUT2D eigenvalue weighted by molar-refractivity contribution is 0.180. The van der Waals surface area contributed by atoms with Crippen LogP contribution in [0.5, 0.6) is 0 Å². The summed E-state index contributed by atoms with van der Waals surface area (Å²) >= 11 is 5.93. The maximum Gasteiger partial charge on any atom is 0.133 e. The molecule has 0 amide bonds. The van der Waals surface area contributed by atoms with Gasteiger partial charge in [0.1, 0.15) is 11.0 Å². The molecule has 0 spiro atoms. The highest BCUT2D eigenvalue weighted by Crippen LogP contribution is 2.18. The predicted molar refractivity (Wildman–Crippen MR) is 60.4 cm³/mol. The van der Waals surface area contributed by atoms with Crippen molar-refractivity contribution < 1.29 is 9.47 Å². The fraction of sp³-hybridized carbons (Fsp3) is 0.636. The quantitative estimate of drug-likeness (QED) is 0.756. The molecule has 1 fully saturated rings. The number of hydrogen-bond acceptors (Lipinski definition) is 4. The van der Waals surface area contributed by atoms with Gasteiger partial charge in [0.15, 0.2) is 0 Å². The fourth-order valence-electron chi connectivity index (χ4n) is 1.83. The Hall–Kier alpha value is -0.710. The third-order valence-corrected chi connectivity index (χ3v) is 2.78. The van der Waals surface area contributed by atoms with E-state index in [2.05, 4.69) is 9.97 Å². The van der Waals surface area contributed by atoms with Gasteiger partial charge in [-0.25, -0.2) is 9.97 Å². The van der Waals surface area contributed by atoms with Crippen molar-refractivity contribution in [3.63, 3.8) is 0 Å². The highest BCUT2D eigenvalue weighted by atomic mass is 35.5. The molecule has 0 aromatic carbocycles. The van der Waals surface area contributed by atoms with Gasteiger partial charge >= 0.3 is 0 Å². The van der Waals surface area contributed by atoms with E-state index in [0.29, 0.717) is 17.7 Å². The zero-order valence-corrected chi connectivity index (χ0v) is 10.0. The van der Waals surface area contributed by atoms with E-state index < -0.39 is 0 Å². The highest BCUT2D eigenvalue weighted by Gasteiger charge is 2.18. The van der Waals surface area contributed by atoms with Crippen molar-refractivity contribution in [3.8, 4) is 0 Å². The monoisotopic (exact) mass is 242 g/mol. The lowest BCUT2D eigenvalue weighted by Gasteiger charge is -2.08. The molecule has 1 aromatic rings. The summed E-state index contributed by atoms with van der Waals surface area (Å²) in [7, 11) is 1.64. The van der Waals surface area contributed by atoms with E-state index in [4.69, 9.17) is 21.1 Å². The van der Waals surface area contributed by atoms with Crippen molar-refractivity contribution in [2.75, 3.05) is 20.3 Å². The zero-order chi connectivity index (χ0) is 11.4. The molecule has 1 atom stereocenters. The number of nitrogens with zero attached hydrogens (tertiary/aromatic N) is 2. The maximum atomic E-state index is 5.93. The Balaban J connectivity index is 2.06. The Morgan fingerprint density at radius 1 is 1.56 bits per heavy atom. The van der Waals surface area contributed by atoms with Crippen molar-refractivity contribution in [1.82, 2.24) is 9.97 Å². The number of aromatic nitrogens is 2. The van der Waals surface area contributed by atoms with Crippen molar-refractivity contribution >= 4 is 11.6 Å². The summed E-state index contributed by atoms with van der Waals surface area (Å²) in [5, 5.41) is 0.482. The molecule has 0 saturated carbocycles. The van der Waals surface area contributed by atoms with Gasteiger partial charge in [-0.15, -0.1) is 0 Å². The first-order valence-corrected chi connectivity index (χ1v) is 5.74. The molecule has 0 N–H and O–H groups in total. The number of hydrogen-bond donors (Lipinski definition) is 0. The van der Waals surface area contributed by atoms with Crippen LogP contribution in [0.1, 0.15) is 17.9 Å². The normalized spacial score (nSPS) is 20.2. The molecule has 88 valence electrons. The summed E-state index contributed by atoms with van der Waals surface area (Å²) in [5.74, 6) is 1.31. The third kappa shape index (κ3) is 3.14. The predicted octanol–water partition coefficient (Wildman–Crippen LogP) is 1.86. The van der Waals surface area contributed by atoms with E-state index in [1.807, 2.05) is 0 Å². The van der Waals surface area contributed by atoms with E-state index in [1.54, 1.807) is 13.2 Å². The highest BCUT2D eigenvalue weighted by molar-refractivity contribution is 6.29. The van der Waals surface area contributed by atoms with Crippen LogP contribution in [0.3, 0.4) is 0 Å². The standard InChI is InChI=1S/C11H15ClN2O2/c1-15-7-9-5-10(12)14-11(13-9)4-8-2-3-16-6-8/h5,8H,2-4,6-7H2,1H3. The molecule has 1 aromatic heterocycles. The van der Waals surface area contributed by atoms with Gasteiger partial charge in [0.2, 0.25) is 0 Å². The van der Waals surface area contributed by atoms with Crippen molar-refractivity contribution in [3.05, 3.63) is 22.7 Å². The SMILES string of the molecule is COCc1cc(Cl)nc(CC2CCOC2)n1. The Morgan fingerprint density at radius 2 is 2.44 bits per heavy atom. The summed E-state index contributed by atoms with van der Waals surface area (Å²) in [4.78, 5) is 8.63. The second-order valence-electron chi connectivity index (χ2n) is 3.96. The van der Waals surface area contributed by atoms with Gasteiger partial charge in [0.05, 0.1) is 12.3 Å². The van der Waals surface area contributed by atoms with E-state index >= 15 is 0 Å². The summed E-state index contributed by atoms with van der Waals surface area (Å²) < 4.78 is 10.4. The van der Waals surface area contributed by atoms with E-state index in [9.17, 15) is 0 Å². The average molecular weight is 243 g/mol. The van der Waals surface area contributed by atoms with Gasteiger partial charge in [-0.05, 0) is 18.4 Å². The number of rotatable bonds is 4. The number of methoxy groups -OCH3 is 1. The van der Waals surface area contributed by atoms with Crippen LogP contribution >= 0.6 is 11.6 Å². The Kier molecular flexibility index (Phi) is 4.09. The average Bonchev–Trinajstić information content (AvgIpc) is 2.70. The van der Waals surface area contributed by atoms with Crippen molar-refractivity contribution in [2.45, 2.75) is 19.4 Å². The van der Waals surface area contributed by atoms with Crippen molar-refractivity contribution in [2.24, 2.45) is 5.92 Å². The van der Waals surface area contributed by atoms with Gasteiger partial charge in [-0.1, -0.05) is 11.6 Å². The molecule has 1 aliphatic rings. The molecule has 0 bridgehead atoms. The smallest absolute Gasteiger partial charge is 0.133 e. The fourth-order valence-corrected chi connectivity index (χ4v) is 2.06. The lowest BCUT2D eigenvalue weighted by atomic mass is 10.0. The molecule has 1 aliphatic heterocycles. The lowest BCUT2D eigenvalue weighted by Crippen LogP contribution is -2.09. The summed E-state index contributed by atoms with van der Waals surface area (Å²) in [6.07, 6.45) is 1.91. The van der Waals surface area contributed by atoms with Gasteiger partial charge in [-0.3, -0.25) is 0 Å². The first kappa shape index (κ1) is 11.8. The topological polar surface area (TPSA) is 44.2 Å². The molecule has 0 radical (unpaired) electrons. The van der Waals surface area contributed by atoms with E-state index in [0.717, 1.165) is 37.6 Å². The maximum absolute atomic E-state index is 5.93. The van der Waals surface area contributed by atoms with Crippen LogP contribution in [0.4, 0.5) is 0 Å². The summed E-state index contributed by atoms with van der Waals surface area (Å²) in [5.41, 5.74) is 0.830. The Bertz CT molecular complexity index is 354. The minimum atomic E-state index is 0.469. The molecular weight excluding hydrogens is 228 g/mol. The molecule has 1 unspecified atom stereocenters. The molecule has 16 heavy (non-hydrogen) atoms. The van der Waals surface area contributed by atoms with E-state index in [-0.39, 0.29) is 0 Å². The van der Waals surface area contributed by atoms with Crippen molar-refractivity contribution in [1.29, 1.82) is 0 Å². The first-order valence-electron chi connectivity index (χ1n) is 5.37. The van der Waals surface area contributed by atoms with Crippen LogP contribution in [-0.4, -0.2) is 30.3 Å². The molecule has 4 nitrogen and oxygen atoms in total. The number of halogens is 1. The molecule has 5 heteroatoms. The Morgan fingerprint density at radius 3 is 3.12 bits per heavy atom. The first-order chi connectivity index (χ1) is 7.78. The van der Waals surface area contributed by atoms with Crippen LogP contribution in [-0.2, 0) is 22.5 Å². The molecular formula is C11H15ClN2O2. The molecule has 1 saturated heterocycles. The van der Waals surface area contributed by atoms with Crippen LogP contribution < -0.4 is 0 Å². The number of ether oxygens (including phenoxy) is 2. The van der Waals surface area contributed by atoms with Crippen LogP contribution in [0, 0.1) is 5.92 Å². The molecule has 2 heterocycles. The second-order valence-corrected chi connectivity index (χ2v) is 4.35. The van der Waals surface area contributed by atoms with E-state index in [1.165, 1.54) is 0 Å². The van der Waals surface area contributed by atoms with Gasteiger partial charge in [-0.2, -0.15) is 0 Å². The van der Waals surface area contributed by atoms with Crippen LogP contribution in [0.15, 0.2) is 6.07 Å². The zero-order valence-electron chi connectivity index (χ0n) is 9.28. The summed E-state index contributed by atoms with van der Waals surface area (Å²) in [6, 6.07) is 1.74. The largest absolute Gasteiger partial charge is 0.381 e. The molecule has 0 aliphatic carbocycles. The molecule has 2 rings (SSSR count). The van der Waals surface area contributed by atoms with Gasteiger partial charge in [0.25, 0.3) is 0 Å². The Labute approximate surface area is 99.9 Å². The second kappa shape index (κ2) is 5.57. The van der Waals surface area contributed by atoms with Gasteiger partial charge in [0, 0.05) is 26.7 Å². The minimum absolute atomic E-state index is 0.469. The minimum Gasteiger partial charge on any atom is -0.381 e. The summed E-state index contributed by atoms with van der Waals surface area (Å²) in [6.45, 7) is 2.11. The third-order valence-electron chi connectivity index (χ3n) is 2.58.